The van der Waals surface area contributed by atoms with Crippen LogP contribution in [0.5, 0.6) is 0 Å². The highest BCUT2D eigenvalue weighted by Crippen LogP contribution is 2.22. The second kappa shape index (κ2) is 5.11. The predicted molar refractivity (Wildman–Crippen MR) is 73.4 cm³/mol. The van der Waals surface area contributed by atoms with E-state index in [9.17, 15) is 4.79 Å². The zero-order valence-corrected chi connectivity index (χ0v) is 11.4. The molecule has 0 spiro atoms. The van der Waals surface area contributed by atoms with E-state index >= 15 is 0 Å². The summed E-state index contributed by atoms with van der Waals surface area (Å²) in [5.41, 5.74) is 2.01. The van der Waals surface area contributed by atoms with Gasteiger partial charge >= 0.3 is 0 Å². The number of aryl methyl sites for hydroxylation is 1. The summed E-state index contributed by atoms with van der Waals surface area (Å²) in [5, 5.41) is 6.41. The molecule has 2 rings (SSSR count). The van der Waals surface area contributed by atoms with Gasteiger partial charge in [0.2, 0.25) is 5.91 Å². The highest BCUT2D eigenvalue weighted by Gasteiger charge is 2.36. The summed E-state index contributed by atoms with van der Waals surface area (Å²) in [6, 6.07) is 8.24. The van der Waals surface area contributed by atoms with Crippen LogP contribution in [0.15, 0.2) is 24.3 Å². The summed E-state index contributed by atoms with van der Waals surface area (Å²) in [4.78, 5) is 12.3. The average molecular weight is 246 g/mol. The molecule has 1 heterocycles. The zero-order valence-electron chi connectivity index (χ0n) is 11.4. The summed E-state index contributed by atoms with van der Waals surface area (Å²) >= 11 is 0. The van der Waals surface area contributed by atoms with E-state index in [4.69, 9.17) is 0 Å². The van der Waals surface area contributed by atoms with Crippen molar-refractivity contribution in [3.8, 4) is 0 Å². The molecule has 18 heavy (non-hydrogen) atoms. The maximum atomic E-state index is 12.3. The summed E-state index contributed by atoms with van der Waals surface area (Å²) in [7, 11) is 0. The van der Waals surface area contributed by atoms with E-state index < -0.39 is 5.54 Å². The Labute approximate surface area is 109 Å². The van der Waals surface area contributed by atoms with Crippen molar-refractivity contribution in [2.45, 2.75) is 45.2 Å². The first-order chi connectivity index (χ1) is 8.53. The van der Waals surface area contributed by atoms with Crippen molar-refractivity contribution in [1.29, 1.82) is 0 Å². The highest BCUT2D eigenvalue weighted by molar-refractivity contribution is 5.86. The van der Waals surface area contributed by atoms with E-state index in [0.717, 1.165) is 19.4 Å². The first-order valence-corrected chi connectivity index (χ1v) is 6.64. The van der Waals surface area contributed by atoms with Gasteiger partial charge in [0.1, 0.15) is 0 Å². The number of amides is 1. The van der Waals surface area contributed by atoms with Gasteiger partial charge in [0.05, 0.1) is 11.6 Å². The molecule has 1 unspecified atom stereocenters. The molecule has 98 valence electrons. The predicted octanol–water partition coefficient (Wildman–Crippen LogP) is 2.31. The van der Waals surface area contributed by atoms with Crippen LogP contribution in [0.2, 0.25) is 0 Å². The van der Waals surface area contributed by atoms with E-state index in [1.807, 2.05) is 26.0 Å². The van der Waals surface area contributed by atoms with Crippen LogP contribution in [-0.2, 0) is 4.79 Å². The van der Waals surface area contributed by atoms with Crippen molar-refractivity contribution >= 4 is 5.91 Å². The van der Waals surface area contributed by atoms with Crippen LogP contribution < -0.4 is 10.6 Å². The van der Waals surface area contributed by atoms with Crippen molar-refractivity contribution in [2.24, 2.45) is 0 Å². The quantitative estimate of drug-likeness (QED) is 0.859. The number of carbonyl (C=O) groups excluding carboxylic acids is 1. The lowest BCUT2D eigenvalue weighted by Crippen LogP contribution is -2.51. The van der Waals surface area contributed by atoms with Crippen LogP contribution in [0.4, 0.5) is 0 Å². The minimum absolute atomic E-state index is 0.0536. The van der Waals surface area contributed by atoms with Crippen molar-refractivity contribution in [3.63, 3.8) is 0 Å². The molecule has 1 aliphatic heterocycles. The number of hydrogen-bond acceptors (Lipinski definition) is 2. The van der Waals surface area contributed by atoms with E-state index in [-0.39, 0.29) is 11.9 Å². The van der Waals surface area contributed by atoms with Crippen molar-refractivity contribution < 1.29 is 4.79 Å². The van der Waals surface area contributed by atoms with Gasteiger partial charge in [0.15, 0.2) is 0 Å². The Balaban J connectivity index is 2.06. The number of carbonyl (C=O) groups is 1. The molecule has 1 aliphatic rings. The largest absolute Gasteiger partial charge is 0.348 e. The van der Waals surface area contributed by atoms with Gasteiger partial charge in [0, 0.05) is 0 Å². The number of rotatable bonds is 3. The number of nitrogens with one attached hydrogen (secondary N) is 2. The molecule has 3 heteroatoms. The lowest BCUT2D eigenvalue weighted by molar-refractivity contribution is -0.127. The molecule has 1 aromatic carbocycles. The first kappa shape index (κ1) is 13.1. The average Bonchev–Trinajstić information content (AvgIpc) is 2.78. The van der Waals surface area contributed by atoms with E-state index in [1.165, 1.54) is 11.1 Å². The highest BCUT2D eigenvalue weighted by atomic mass is 16.2. The third-order valence-electron chi connectivity index (χ3n) is 3.87. The van der Waals surface area contributed by atoms with E-state index in [1.54, 1.807) is 0 Å². The van der Waals surface area contributed by atoms with Gasteiger partial charge in [-0.15, -0.1) is 0 Å². The Morgan fingerprint density at radius 2 is 2.17 bits per heavy atom. The summed E-state index contributed by atoms with van der Waals surface area (Å²) < 4.78 is 0. The molecule has 0 bridgehead atoms. The van der Waals surface area contributed by atoms with Crippen molar-refractivity contribution in [2.75, 3.05) is 6.54 Å². The Hall–Kier alpha value is -1.35. The summed E-state index contributed by atoms with van der Waals surface area (Å²) in [5.74, 6) is 0.107. The van der Waals surface area contributed by atoms with Gasteiger partial charge in [0.25, 0.3) is 0 Å². The maximum Gasteiger partial charge on any atom is 0.240 e. The first-order valence-electron chi connectivity index (χ1n) is 6.64. The molecule has 3 nitrogen and oxygen atoms in total. The van der Waals surface area contributed by atoms with Crippen molar-refractivity contribution in [1.82, 2.24) is 10.6 Å². The Morgan fingerprint density at radius 3 is 2.78 bits per heavy atom. The normalized spacial score (nSPS) is 24.8. The van der Waals surface area contributed by atoms with Crippen LogP contribution in [-0.4, -0.2) is 18.0 Å². The lowest BCUT2D eigenvalue weighted by Gasteiger charge is -2.26. The third kappa shape index (κ3) is 2.56. The zero-order chi connectivity index (χ0) is 13.2. The van der Waals surface area contributed by atoms with Crippen LogP contribution >= 0.6 is 0 Å². The van der Waals surface area contributed by atoms with Crippen LogP contribution in [0.3, 0.4) is 0 Å². The molecule has 2 atom stereocenters. The lowest BCUT2D eigenvalue weighted by atomic mass is 9.97. The molecule has 1 fully saturated rings. The fraction of sp³-hybridized carbons (Fsp3) is 0.533. The monoisotopic (exact) mass is 246 g/mol. The van der Waals surface area contributed by atoms with Gasteiger partial charge in [-0.1, -0.05) is 24.3 Å². The van der Waals surface area contributed by atoms with Crippen LogP contribution in [0.1, 0.15) is 43.9 Å². The van der Waals surface area contributed by atoms with Gasteiger partial charge in [-0.3, -0.25) is 4.79 Å². The Morgan fingerprint density at radius 1 is 1.44 bits per heavy atom. The smallest absolute Gasteiger partial charge is 0.240 e. The molecular formula is C15H22N2O. The molecule has 1 saturated heterocycles. The molecule has 0 aromatic heterocycles. The molecular weight excluding hydrogens is 224 g/mol. The Kier molecular flexibility index (Phi) is 3.71. The van der Waals surface area contributed by atoms with Gasteiger partial charge in [-0.2, -0.15) is 0 Å². The summed E-state index contributed by atoms with van der Waals surface area (Å²) in [6.07, 6.45) is 1.99. The van der Waals surface area contributed by atoms with E-state index in [0.29, 0.717) is 0 Å². The Bertz CT molecular complexity index is 436. The third-order valence-corrected chi connectivity index (χ3v) is 3.87. The second-order valence-corrected chi connectivity index (χ2v) is 5.41. The number of hydrogen-bond donors (Lipinski definition) is 2. The number of benzene rings is 1. The van der Waals surface area contributed by atoms with E-state index in [2.05, 4.69) is 29.7 Å². The standard InChI is InChI=1S/C15H22N2O/c1-11-7-4-5-8-13(11)12(2)17-14(18)15(3)9-6-10-16-15/h4-5,7-8,12,16H,6,9-10H2,1-3H3,(H,17,18)/t12-,15?/m0/s1. The van der Waals surface area contributed by atoms with Crippen molar-refractivity contribution in [3.05, 3.63) is 35.4 Å². The van der Waals surface area contributed by atoms with Crippen LogP contribution in [0.25, 0.3) is 0 Å². The van der Waals surface area contributed by atoms with Crippen LogP contribution in [0, 0.1) is 6.92 Å². The molecule has 0 radical (unpaired) electrons. The second-order valence-electron chi connectivity index (χ2n) is 5.41. The van der Waals surface area contributed by atoms with Gasteiger partial charge in [-0.05, 0) is 51.3 Å². The minimum Gasteiger partial charge on any atom is -0.348 e. The SMILES string of the molecule is Cc1ccccc1[C@H](C)NC(=O)C1(C)CCCN1. The maximum absolute atomic E-state index is 12.3. The molecule has 1 amide bonds. The molecule has 1 aromatic rings. The molecule has 2 N–H and O–H groups in total. The fourth-order valence-corrected chi connectivity index (χ4v) is 2.59. The topological polar surface area (TPSA) is 41.1 Å². The fourth-order valence-electron chi connectivity index (χ4n) is 2.59. The minimum atomic E-state index is -0.392. The molecule has 0 saturated carbocycles. The summed E-state index contributed by atoms with van der Waals surface area (Å²) in [6.45, 7) is 7.04. The molecule has 0 aliphatic carbocycles. The van der Waals surface area contributed by atoms with Gasteiger partial charge < -0.3 is 10.6 Å². The van der Waals surface area contributed by atoms with Gasteiger partial charge in [-0.25, -0.2) is 0 Å².